The van der Waals surface area contributed by atoms with Crippen LogP contribution in [0.3, 0.4) is 0 Å². The molecule has 2 aliphatic rings. The summed E-state index contributed by atoms with van der Waals surface area (Å²) < 4.78 is 5.36. The highest BCUT2D eigenvalue weighted by Crippen LogP contribution is 2.18. The van der Waals surface area contributed by atoms with Crippen molar-refractivity contribution in [3.63, 3.8) is 0 Å². The number of ether oxygens (including phenoxy) is 1. The van der Waals surface area contributed by atoms with Gasteiger partial charge in [-0.2, -0.15) is 15.0 Å². The molecular weight excluding hydrogens is 292 g/mol. The van der Waals surface area contributed by atoms with Gasteiger partial charge in [-0.3, -0.25) is 0 Å². The zero-order valence-electron chi connectivity index (χ0n) is 12.3. The lowest BCUT2D eigenvalue weighted by molar-refractivity contribution is 0.122. The first-order chi connectivity index (χ1) is 10.3. The van der Waals surface area contributed by atoms with E-state index in [1.54, 1.807) is 0 Å². The zero-order valence-corrected chi connectivity index (χ0v) is 13.1. The fraction of sp³-hybridized carbons (Fsp3) is 0.769. The first kappa shape index (κ1) is 14.7. The summed E-state index contributed by atoms with van der Waals surface area (Å²) in [6, 6.07) is 0. The average molecular weight is 313 g/mol. The highest BCUT2D eigenvalue weighted by molar-refractivity contribution is 6.28. The molecule has 0 atom stereocenters. The number of halogens is 1. The van der Waals surface area contributed by atoms with Crippen molar-refractivity contribution in [2.45, 2.75) is 6.92 Å². The smallest absolute Gasteiger partial charge is 0.231 e. The predicted molar refractivity (Wildman–Crippen MR) is 82.2 cm³/mol. The maximum absolute atomic E-state index is 6.09. The molecule has 0 N–H and O–H groups in total. The number of rotatable bonds is 3. The van der Waals surface area contributed by atoms with Crippen LogP contribution in [-0.4, -0.2) is 78.9 Å². The Labute approximate surface area is 129 Å². The van der Waals surface area contributed by atoms with Crippen molar-refractivity contribution in [3.8, 4) is 0 Å². The molecule has 0 aromatic carbocycles. The van der Waals surface area contributed by atoms with Crippen molar-refractivity contribution in [1.29, 1.82) is 0 Å². The summed E-state index contributed by atoms with van der Waals surface area (Å²) in [5.74, 6) is 1.35. The minimum atomic E-state index is 0.263. The van der Waals surface area contributed by atoms with Crippen LogP contribution in [0.2, 0.25) is 5.28 Å². The summed E-state index contributed by atoms with van der Waals surface area (Å²) in [6.07, 6.45) is 0. The number of aromatic nitrogens is 3. The first-order valence-electron chi connectivity index (χ1n) is 7.48. The van der Waals surface area contributed by atoms with Crippen molar-refractivity contribution < 1.29 is 4.74 Å². The topological polar surface area (TPSA) is 57.6 Å². The van der Waals surface area contributed by atoms with Crippen LogP contribution in [-0.2, 0) is 4.74 Å². The number of hydrogen-bond acceptors (Lipinski definition) is 7. The number of likely N-dealkylation sites (N-methyl/N-ethyl adjacent to an activating group) is 1. The standard InChI is InChI=1S/C13H21ClN6O/c1-2-18-3-5-19(6-4-18)12-15-11(14)16-13(17-12)20-7-9-21-10-8-20/h2-10H2,1H3. The third-order valence-corrected chi connectivity index (χ3v) is 4.15. The largest absolute Gasteiger partial charge is 0.378 e. The van der Waals surface area contributed by atoms with Crippen molar-refractivity contribution in [3.05, 3.63) is 5.28 Å². The second-order valence-electron chi connectivity index (χ2n) is 5.23. The number of anilines is 2. The Morgan fingerprint density at radius 3 is 2.05 bits per heavy atom. The summed E-state index contributed by atoms with van der Waals surface area (Å²) in [5, 5.41) is 0.263. The van der Waals surface area contributed by atoms with E-state index >= 15 is 0 Å². The molecule has 7 nitrogen and oxygen atoms in total. The third kappa shape index (κ3) is 3.53. The Kier molecular flexibility index (Phi) is 4.72. The number of hydrogen-bond donors (Lipinski definition) is 0. The van der Waals surface area contributed by atoms with Crippen molar-refractivity contribution >= 4 is 23.5 Å². The van der Waals surface area contributed by atoms with Crippen LogP contribution in [0.25, 0.3) is 0 Å². The van der Waals surface area contributed by atoms with Gasteiger partial charge < -0.3 is 19.4 Å². The normalized spacial score (nSPS) is 20.9. The molecule has 2 aliphatic heterocycles. The highest BCUT2D eigenvalue weighted by Gasteiger charge is 2.21. The van der Waals surface area contributed by atoms with Gasteiger partial charge in [0.05, 0.1) is 13.2 Å². The summed E-state index contributed by atoms with van der Waals surface area (Å²) in [4.78, 5) is 19.9. The Morgan fingerprint density at radius 1 is 0.905 bits per heavy atom. The summed E-state index contributed by atoms with van der Waals surface area (Å²) in [6.45, 7) is 10.2. The van der Waals surface area contributed by atoms with Gasteiger partial charge in [-0.25, -0.2) is 0 Å². The Morgan fingerprint density at radius 2 is 1.48 bits per heavy atom. The maximum atomic E-state index is 6.09. The van der Waals surface area contributed by atoms with E-state index in [-0.39, 0.29) is 5.28 Å². The van der Waals surface area contributed by atoms with Gasteiger partial charge in [-0.15, -0.1) is 0 Å². The van der Waals surface area contributed by atoms with Crippen LogP contribution in [0.15, 0.2) is 0 Å². The van der Waals surface area contributed by atoms with E-state index in [2.05, 4.69) is 36.6 Å². The zero-order chi connectivity index (χ0) is 14.7. The molecule has 2 saturated heterocycles. The molecule has 21 heavy (non-hydrogen) atoms. The van der Waals surface area contributed by atoms with Gasteiger partial charge >= 0.3 is 0 Å². The molecule has 0 aliphatic carbocycles. The molecule has 0 spiro atoms. The number of morpholine rings is 1. The second kappa shape index (κ2) is 6.72. The van der Waals surface area contributed by atoms with E-state index in [0.29, 0.717) is 25.1 Å². The molecule has 0 bridgehead atoms. The van der Waals surface area contributed by atoms with Crippen molar-refractivity contribution in [2.75, 3.05) is 68.8 Å². The van der Waals surface area contributed by atoms with E-state index in [1.807, 2.05) is 0 Å². The van der Waals surface area contributed by atoms with Crippen LogP contribution in [0.1, 0.15) is 6.92 Å². The van der Waals surface area contributed by atoms with E-state index in [4.69, 9.17) is 16.3 Å². The molecule has 1 aromatic rings. The van der Waals surface area contributed by atoms with Crippen LogP contribution < -0.4 is 9.80 Å². The average Bonchev–Trinajstić information content (AvgIpc) is 2.55. The lowest BCUT2D eigenvalue weighted by atomic mass is 10.3. The Hall–Kier alpha value is -1.18. The van der Waals surface area contributed by atoms with Crippen LogP contribution >= 0.6 is 11.6 Å². The third-order valence-electron chi connectivity index (χ3n) is 3.98. The van der Waals surface area contributed by atoms with Crippen LogP contribution in [0, 0.1) is 0 Å². The fourth-order valence-corrected chi connectivity index (χ4v) is 2.79. The van der Waals surface area contributed by atoms with Gasteiger partial charge in [0.25, 0.3) is 0 Å². The minimum Gasteiger partial charge on any atom is -0.378 e. The minimum absolute atomic E-state index is 0.263. The fourth-order valence-electron chi connectivity index (χ4n) is 2.64. The molecule has 0 radical (unpaired) electrons. The Balaban J connectivity index is 1.74. The lowest BCUT2D eigenvalue weighted by Crippen LogP contribution is -2.47. The lowest BCUT2D eigenvalue weighted by Gasteiger charge is -2.34. The quantitative estimate of drug-likeness (QED) is 0.805. The molecule has 8 heteroatoms. The monoisotopic (exact) mass is 312 g/mol. The summed E-state index contributed by atoms with van der Waals surface area (Å²) >= 11 is 6.09. The van der Waals surface area contributed by atoms with Gasteiger partial charge in [0.1, 0.15) is 0 Å². The van der Waals surface area contributed by atoms with E-state index in [1.165, 1.54) is 0 Å². The van der Waals surface area contributed by atoms with Crippen molar-refractivity contribution in [1.82, 2.24) is 19.9 Å². The summed E-state index contributed by atoms with van der Waals surface area (Å²) in [5.41, 5.74) is 0. The number of piperazine rings is 1. The SMILES string of the molecule is CCN1CCN(c2nc(Cl)nc(N3CCOCC3)n2)CC1. The van der Waals surface area contributed by atoms with E-state index in [9.17, 15) is 0 Å². The van der Waals surface area contributed by atoms with E-state index in [0.717, 1.165) is 45.8 Å². The first-order valence-corrected chi connectivity index (χ1v) is 7.85. The summed E-state index contributed by atoms with van der Waals surface area (Å²) in [7, 11) is 0. The van der Waals surface area contributed by atoms with Gasteiger partial charge in [0, 0.05) is 39.3 Å². The number of nitrogens with zero attached hydrogens (tertiary/aromatic N) is 6. The van der Waals surface area contributed by atoms with E-state index < -0.39 is 0 Å². The van der Waals surface area contributed by atoms with Crippen LogP contribution in [0.5, 0.6) is 0 Å². The molecule has 2 fully saturated rings. The molecule has 0 saturated carbocycles. The molecule has 116 valence electrons. The van der Waals surface area contributed by atoms with Gasteiger partial charge in [-0.1, -0.05) is 6.92 Å². The molecule has 0 unspecified atom stereocenters. The Bertz CT molecular complexity index is 474. The molecule has 0 amide bonds. The predicted octanol–water partition coefficient (Wildman–Crippen LogP) is 0.503. The molecule has 3 rings (SSSR count). The molecule has 3 heterocycles. The van der Waals surface area contributed by atoms with Gasteiger partial charge in [-0.05, 0) is 18.1 Å². The highest BCUT2D eigenvalue weighted by atomic mass is 35.5. The van der Waals surface area contributed by atoms with Crippen LogP contribution in [0.4, 0.5) is 11.9 Å². The molecule has 1 aromatic heterocycles. The van der Waals surface area contributed by atoms with Gasteiger partial charge in [0.2, 0.25) is 17.2 Å². The van der Waals surface area contributed by atoms with Gasteiger partial charge in [0.15, 0.2) is 0 Å². The maximum Gasteiger partial charge on any atom is 0.231 e. The van der Waals surface area contributed by atoms with Crippen molar-refractivity contribution in [2.24, 2.45) is 0 Å². The second-order valence-corrected chi connectivity index (χ2v) is 5.56. The molecular formula is C13H21ClN6O.